The predicted molar refractivity (Wildman–Crippen MR) is 84.3 cm³/mol. The van der Waals surface area contributed by atoms with E-state index in [2.05, 4.69) is 36.3 Å². The maximum atomic E-state index is 6.33. The van der Waals surface area contributed by atoms with Crippen molar-refractivity contribution >= 4 is 0 Å². The van der Waals surface area contributed by atoms with Gasteiger partial charge in [-0.15, -0.1) is 0 Å². The molecule has 0 radical (unpaired) electrons. The van der Waals surface area contributed by atoms with Crippen LogP contribution in [0.5, 0.6) is 0 Å². The number of furan rings is 1. The number of rotatable bonds is 5. The van der Waals surface area contributed by atoms with Gasteiger partial charge in [-0.3, -0.25) is 4.90 Å². The van der Waals surface area contributed by atoms with Crippen LogP contribution in [0.1, 0.15) is 62.5 Å². The van der Waals surface area contributed by atoms with Gasteiger partial charge in [-0.05, 0) is 76.2 Å². The Bertz CT molecular complexity index is 491. The van der Waals surface area contributed by atoms with Gasteiger partial charge < -0.3 is 9.73 Å². The van der Waals surface area contributed by atoms with Crippen molar-refractivity contribution in [1.29, 1.82) is 0 Å². The minimum Gasteiger partial charge on any atom is -0.464 e. The lowest BCUT2D eigenvalue weighted by Gasteiger charge is -2.40. The maximum absolute atomic E-state index is 6.33. The van der Waals surface area contributed by atoms with E-state index in [-0.39, 0.29) is 0 Å². The minimum atomic E-state index is 0.501. The molecule has 3 heteroatoms. The summed E-state index contributed by atoms with van der Waals surface area (Å²) in [6.45, 7) is 4.68. The summed E-state index contributed by atoms with van der Waals surface area (Å²) < 4.78 is 6.33. The standard InChI is InChI=1S/C18H28N2O/c1-12-10-15(12)16-7-8-17(21-16)18-13(11-19-2)4-3-9-20(18)14-5-6-14/h7-8,12-15,18-19H,3-6,9-11H2,1-2H3. The van der Waals surface area contributed by atoms with Crippen molar-refractivity contribution in [3.8, 4) is 0 Å². The number of likely N-dealkylation sites (tertiary alicyclic amines) is 1. The van der Waals surface area contributed by atoms with Crippen molar-refractivity contribution in [2.24, 2.45) is 11.8 Å². The van der Waals surface area contributed by atoms with E-state index in [1.54, 1.807) is 0 Å². The summed E-state index contributed by atoms with van der Waals surface area (Å²) in [6.07, 6.45) is 6.74. The molecule has 3 aliphatic rings. The summed E-state index contributed by atoms with van der Waals surface area (Å²) in [5.74, 6) is 4.68. The second-order valence-electron chi connectivity index (χ2n) is 7.43. The Kier molecular flexibility index (Phi) is 3.58. The molecule has 4 atom stereocenters. The molecule has 1 N–H and O–H groups in total. The summed E-state index contributed by atoms with van der Waals surface area (Å²) in [6, 6.07) is 5.85. The molecule has 0 bridgehead atoms. The van der Waals surface area contributed by atoms with E-state index in [1.807, 2.05) is 0 Å². The molecule has 0 spiro atoms. The largest absolute Gasteiger partial charge is 0.464 e. The van der Waals surface area contributed by atoms with Crippen LogP contribution in [0.4, 0.5) is 0 Å². The Balaban J connectivity index is 1.58. The van der Waals surface area contributed by atoms with Crippen LogP contribution in [-0.4, -0.2) is 31.1 Å². The molecule has 116 valence electrons. The molecule has 1 aromatic heterocycles. The van der Waals surface area contributed by atoms with Gasteiger partial charge in [0, 0.05) is 12.0 Å². The van der Waals surface area contributed by atoms with Crippen molar-refractivity contribution in [1.82, 2.24) is 10.2 Å². The average Bonchev–Trinajstić information content (AvgIpc) is 3.40. The van der Waals surface area contributed by atoms with Crippen molar-refractivity contribution in [3.63, 3.8) is 0 Å². The second-order valence-corrected chi connectivity index (χ2v) is 7.43. The fourth-order valence-electron chi connectivity index (χ4n) is 4.24. The molecule has 1 aromatic rings. The van der Waals surface area contributed by atoms with Gasteiger partial charge in [-0.25, -0.2) is 0 Å². The highest BCUT2D eigenvalue weighted by molar-refractivity contribution is 5.20. The van der Waals surface area contributed by atoms with Crippen LogP contribution in [-0.2, 0) is 0 Å². The molecule has 2 saturated carbocycles. The zero-order valence-corrected chi connectivity index (χ0v) is 13.3. The summed E-state index contributed by atoms with van der Waals surface area (Å²) >= 11 is 0. The molecule has 3 fully saturated rings. The van der Waals surface area contributed by atoms with Gasteiger partial charge in [0.15, 0.2) is 0 Å². The van der Waals surface area contributed by atoms with E-state index in [4.69, 9.17) is 4.42 Å². The number of hydrogen-bond acceptors (Lipinski definition) is 3. The monoisotopic (exact) mass is 288 g/mol. The topological polar surface area (TPSA) is 28.4 Å². The quantitative estimate of drug-likeness (QED) is 0.898. The molecular weight excluding hydrogens is 260 g/mol. The number of piperidine rings is 1. The molecule has 1 saturated heterocycles. The molecule has 2 heterocycles. The van der Waals surface area contributed by atoms with Gasteiger partial charge in [-0.2, -0.15) is 0 Å². The van der Waals surface area contributed by atoms with Crippen LogP contribution in [0.15, 0.2) is 16.5 Å². The minimum absolute atomic E-state index is 0.501. The lowest BCUT2D eigenvalue weighted by Crippen LogP contribution is -2.43. The van der Waals surface area contributed by atoms with Gasteiger partial charge in [0.25, 0.3) is 0 Å². The van der Waals surface area contributed by atoms with Crippen molar-refractivity contribution in [2.45, 2.75) is 57.0 Å². The Morgan fingerprint density at radius 2 is 2.00 bits per heavy atom. The third-order valence-corrected chi connectivity index (χ3v) is 5.69. The summed E-state index contributed by atoms with van der Waals surface area (Å²) in [5.41, 5.74) is 0. The molecule has 4 unspecified atom stereocenters. The summed E-state index contributed by atoms with van der Waals surface area (Å²) in [5, 5.41) is 3.40. The fraction of sp³-hybridized carbons (Fsp3) is 0.778. The van der Waals surface area contributed by atoms with Gasteiger partial charge >= 0.3 is 0 Å². The maximum Gasteiger partial charge on any atom is 0.121 e. The first kappa shape index (κ1) is 13.8. The zero-order valence-electron chi connectivity index (χ0n) is 13.3. The highest BCUT2D eigenvalue weighted by atomic mass is 16.3. The van der Waals surface area contributed by atoms with E-state index in [1.165, 1.54) is 50.2 Å². The molecule has 21 heavy (non-hydrogen) atoms. The van der Waals surface area contributed by atoms with Crippen LogP contribution < -0.4 is 5.32 Å². The summed E-state index contributed by atoms with van der Waals surface area (Å²) in [7, 11) is 2.08. The van der Waals surface area contributed by atoms with Crippen LogP contribution in [0.25, 0.3) is 0 Å². The smallest absolute Gasteiger partial charge is 0.121 e. The van der Waals surface area contributed by atoms with E-state index < -0.39 is 0 Å². The van der Waals surface area contributed by atoms with E-state index in [9.17, 15) is 0 Å². The predicted octanol–water partition coefficient (Wildman–Crippen LogP) is 3.54. The normalized spacial score (nSPS) is 36.9. The van der Waals surface area contributed by atoms with Gasteiger partial charge in [0.2, 0.25) is 0 Å². The summed E-state index contributed by atoms with van der Waals surface area (Å²) in [4.78, 5) is 2.74. The fourth-order valence-corrected chi connectivity index (χ4v) is 4.24. The molecule has 3 nitrogen and oxygen atoms in total. The average molecular weight is 288 g/mol. The first-order chi connectivity index (χ1) is 10.3. The number of nitrogens with zero attached hydrogens (tertiary/aromatic N) is 1. The highest BCUT2D eigenvalue weighted by Gasteiger charge is 2.43. The second kappa shape index (κ2) is 5.44. The molecule has 4 rings (SSSR count). The first-order valence-electron chi connectivity index (χ1n) is 8.78. The molecule has 0 amide bonds. The SMILES string of the molecule is CNCC1CCCN(C2CC2)C1c1ccc(C2CC2C)o1. The molecule has 2 aliphatic carbocycles. The van der Waals surface area contributed by atoms with Crippen LogP contribution in [0.3, 0.4) is 0 Å². The molecule has 1 aliphatic heterocycles. The Hall–Kier alpha value is -0.800. The van der Waals surface area contributed by atoms with E-state index in [0.717, 1.165) is 18.5 Å². The Morgan fingerprint density at radius 1 is 1.24 bits per heavy atom. The van der Waals surface area contributed by atoms with Crippen molar-refractivity contribution in [2.75, 3.05) is 20.1 Å². The van der Waals surface area contributed by atoms with Crippen LogP contribution >= 0.6 is 0 Å². The van der Waals surface area contributed by atoms with E-state index in [0.29, 0.717) is 17.9 Å². The first-order valence-corrected chi connectivity index (χ1v) is 8.78. The zero-order chi connectivity index (χ0) is 14.4. The number of nitrogens with one attached hydrogen (secondary N) is 1. The molecular formula is C18H28N2O. The van der Waals surface area contributed by atoms with Gasteiger partial charge in [0.05, 0.1) is 6.04 Å². The lowest BCUT2D eigenvalue weighted by molar-refractivity contribution is 0.0680. The van der Waals surface area contributed by atoms with Crippen molar-refractivity contribution in [3.05, 3.63) is 23.7 Å². The van der Waals surface area contributed by atoms with Gasteiger partial charge in [-0.1, -0.05) is 6.92 Å². The lowest BCUT2D eigenvalue weighted by atomic mass is 9.87. The Labute approximate surface area is 128 Å². The third kappa shape index (κ3) is 2.66. The van der Waals surface area contributed by atoms with E-state index >= 15 is 0 Å². The van der Waals surface area contributed by atoms with Crippen LogP contribution in [0, 0.1) is 11.8 Å². The van der Waals surface area contributed by atoms with Crippen LogP contribution in [0.2, 0.25) is 0 Å². The number of hydrogen-bond donors (Lipinski definition) is 1. The third-order valence-electron chi connectivity index (χ3n) is 5.69. The molecule has 0 aromatic carbocycles. The van der Waals surface area contributed by atoms with Gasteiger partial charge in [0.1, 0.15) is 11.5 Å². The highest BCUT2D eigenvalue weighted by Crippen LogP contribution is 2.49. The van der Waals surface area contributed by atoms with Crippen molar-refractivity contribution < 1.29 is 4.42 Å². The Morgan fingerprint density at radius 3 is 2.67 bits per heavy atom.